The van der Waals surface area contributed by atoms with Gasteiger partial charge in [0, 0.05) is 31.4 Å². The Morgan fingerprint density at radius 2 is 2.00 bits per heavy atom. The van der Waals surface area contributed by atoms with Gasteiger partial charge in [0.1, 0.15) is 5.82 Å². The summed E-state index contributed by atoms with van der Waals surface area (Å²) in [5.74, 6) is 1.54. The molecular weight excluding hydrogens is 282 g/mol. The molecule has 1 aromatic carbocycles. The van der Waals surface area contributed by atoms with Crippen molar-refractivity contribution in [2.45, 2.75) is 18.7 Å². The fraction of sp³-hybridized carbons (Fsp3) is 0.471. The molecule has 1 saturated heterocycles. The third kappa shape index (κ3) is 3.30. The number of hydrogen-bond donors (Lipinski definition) is 0. The lowest BCUT2D eigenvalue weighted by Crippen LogP contribution is -2.31. The van der Waals surface area contributed by atoms with Crippen LogP contribution in [0, 0.1) is 0 Å². The van der Waals surface area contributed by atoms with Crippen LogP contribution in [0.2, 0.25) is 0 Å². The number of likely N-dealkylation sites (tertiary alicyclic amines) is 1. The van der Waals surface area contributed by atoms with Crippen LogP contribution in [0.3, 0.4) is 0 Å². The number of rotatable bonds is 5. The summed E-state index contributed by atoms with van der Waals surface area (Å²) in [7, 11) is 2.12. The largest absolute Gasteiger partial charge is 0.358 e. The first-order valence-corrected chi connectivity index (χ1v) is 8.19. The molecule has 0 bridgehead atoms. The molecular formula is C17H22ClN3. The Balaban J connectivity index is 1.78. The zero-order valence-electron chi connectivity index (χ0n) is 12.6. The number of halogens is 1. The molecule has 1 aliphatic rings. The minimum Gasteiger partial charge on any atom is -0.358 e. The minimum atomic E-state index is 0.524. The Hall–Kier alpha value is -1.32. The quantitative estimate of drug-likeness (QED) is 0.788. The molecule has 0 spiro atoms. The maximum atomic E-state index is 6.11. The average molecular weight is 304 g/mol. The maximum absolute atomic E-state index is 6.11. The number of nitrogens with zero attached hydrogens (tertiary/aromatic N) is 3. The third-order valence-electron chi connectivity index (χ3n) is 4.27. The monoisotopic (exact) mass is 303 g/mol. The zero-order valence-corrected chi connectivity index (χ0v) is 13.3. The number of benzene rings is 1. The normalized spacial score (nSPS) is 15.7. The topological polar surface area (TPSA) is 19.4 Å². The molecule has 3 nitrogen and oxygen atoms in total. The zero-order chi connectivity index (χ0) is 14.7. The fourth-order valence-corrected chi connectivity index (χ4v) is 3.17. The second kappa shape index (κ2) is 6.63. The van der Waals surface area contributed by atoms with E-state index < -0.39 is 0 Å². The Kier molecular flexibility index (Phi) is 4.61. The van der Waals surface area contributed by atoms with Gasteiger partial charge in [0.25, 0.3) is 0 Å². The van der Waals surface area contributed by atoms with Crippen LogP contribution in [0.1, 0.15) is 18.4 Å². The summed E-state index contributed by atoms with van der Waals surface area (Å²) in [6.07, 6.45) is 2.68. The summed E-state index contributed by atoms with van der Waals surface area (Å²) < 4.78 is 0. The van der Waals surface area contributed by atoms with Gasteiger partial charge in [0.2, 0.25) is 0 Å². The average Bonchev–Trinajstić information content (AvgIpc) is 3.04. The fourth-order valence-electron chi connectivity index (χ4n) is 2.95. The summed E-state index contributed by atoms with van der Waals surface area (Å²) in [6, 6.07) is 10.3. The number of anilines is 1. The first-order valence-electron chi connectivity index (χ1n) is 7.66. The lowest BCUT2D eigenvalue weighted by atomic mass is 10.1. The second-order valence-electron chi connectivity index (χ2n) is 5.76. The van der Waals surface area contributed by atoms with Gasteiger partial charge in [-0.3, -0.25) is 0 Å². The van der Waals surface area contributed by atoms with E-state index in [2.05, 4.69) is 35.0 Å². The predicted molar refractivity (Wildman–Crippen MR) is 90.2 cm³/mol. The van der Waals surface area contributed by atoms with E-state index in [-0.39, 0.29) is 0 Å². The highest BCUT2D eigenvalue weighted by Crippen LogP contribution is 2.23. The molecule has 2 aromatic rings. The molecule has 3 rings (SSSR count). The molecule has 112 valence electrons. The van der Waals surface area contributed by atoms with Crippen LogP contribution in [0.4, 0.5) is 5.82 Å². The van der Waals surface area contributed by atoms with Crippen molar-refractivity contribution in [3.8, 4) is 0 Å². The first-order chi connectivity index (χ1) is 10.3. The van der Waals surface area contributed by atoms with Crippen LogP contribution in [0.5, 0.6) is 0 Å². The molecule has 21 heavy (non-hydrogen) atoms. The molecule has 1 aliphatic heterocycles. The van der Waals surface area contributed by atoms with Crippen molar-refractivity contribution in [1.82, 2.24) is 9.88 Å². The van der Waals surface area contributed by atoms with Crippen LogP contribution in [-0.2, 0) is 5.88 Å². The van der Waals surface area contributed by atoms with Crippen LogP contribution in [-0.4, -0.2) is 43.1 Å². The minimum absolute atomic E-state index is 0.524. The van der Waals surface area contributed by atoms with Gasteiger partial charge in [-0.1, -0.05) is 18.2 Å². The summed E-state index contributed by atoms with van der Waals surface area (Å²) in [6.45, 7) is 4.60. The van der Waals surface area contributed by atoms with E-state index in [4.69, 9.17) is 16.6 Å². The summed E-state index contributed by atoms with van der Waals surface area (Å²) in [5, 5.41) is 1.16. The van der Waals surface area contributed by atoms with Gasteiger partial charge in [0.15, 0.2) is 0 Å². The number of para-hydroxylation sites is 1. The number of likely N-dealkylation sites (N-methyl/N-ethyl adjacent to an activating group) is 1. The van der Waals surface area contributed by atoms with Crippen LogP contribution in [0.25, 0.3) is 10.9 Å². The lowest BCUT2D eigenvalue weighted by molar-refractivity contribution is 0.346. The highest BCUT2D eigenvalue weighted by atomic mass is 35.5. The van der Waals surface area contributed by atoms with E-state index in [1.165, 1.54) is 25.9 Å². The number of hydrogen-bond acceptors (Lipinski definition) is 3. The predicted octanol–water partition coefficient (Wildman–Crippen LogP) is 3.51. The van der Waals surface area contributed by atoms with Gasteiger partial charge < -0.3 is 9.80 Å². The van der Waals surface area contributed by atoms with Crippen molar-refractivity contribution in [3.63, 3.8) is 0 Å². The number of fused-ring (bicyclic) bond motifs is 1. The smallest absolute Gasteiger partial charge is 0.129 e. The molecule has 2 heterocycles. The van der Waals surface area contributed by atoms with Crippen LogP contribution >= 0.6 is 11.6 Å². The van der Waals surface area contributed by atoms with Crippen LogP contribution < -0.4 is 4.90 Å². The molecule has 0 atom stereocenters. The molecule has 0 radical (unpaired) electrons. The van der Waals surface area contributed by atoms with E-state index in [9.17, 15) is 0 Å². The third-order valence-corrected chi connectivity index (χ3v) is 4.56. The maximum Gasteiger partial charge on any atom is 0.129 e. The summed E-state index contributed by atoms with van der Waals surface area (Å²) >= 11 is 6.11. The van der Waals surface area contributed by atoms with E-state index in [0.29, 0.717) is 5.88 Å². The van der Waals surface area contributed by atoms with Gasteiger partial charge in [-0.05, 0) is 43.6 Å². The van der Waals surface area contributed by atoms with Crippen LogP contribution in [0.15, 0.2) is 30.3 Å². The molecule has 1 fully saturated rings. The van der Waals surface area contributed by atoms with E-state index in [1.807, 2.05) is 12.1 Å². The highest BCUT2D eigenvalue weighted by Gasteiger charge is 2.13. The van der Waals surface area contributed by atoms with Gasteiger partial charge in [0.05, 0.1) is 5.52 Å². The first kappa shape index (κ1) is 14.6. The number of alkyl halides is 1. The van der Waals surface area contributed by atoms with Gasteiger partial charge in [-0.2, -0.15) is 0 Å². The van der Waals surface area contributed by atoms with Crippen molar-refractivity contribution in [1.29, 1.82) is 0 Å². The standard InChI is InChI=1S/C17H22ClN3/c1-20(10-11-21-8-4-5-9-21)17-12-14(13-18)15-6-2-3-7-16(15)19-17/h2-3,6-7,12H,4-5,8-11,13H2,1H3. The van der Waals surface area contributed by atoms with Gasteiger partial charge in [-0.15, -0.1) is 11.6 Å². The number of aromatic nitrogens is 1. The molecule has 0 saturated carbocycles. The van der Waals surface area contributed by atoms with Gasteiger partial charge >= 0.3 is 0 Å². The van der Waals surface area contributed by atoms with Crippen molar-refractivity contribution in [3.05, 3.63) is 35.9 Å². The molecule has 4 heteroatoms. The molecule has 0 amide bonds. The highest BCUT2D eigenvalue weighted by molar-refractivity contribution is 6.18. The Bertz CT molecular complexity index is 608. The Morgan fingerprint density at radius 3 is 2.76 bits per heavy atom. The lowest BCUT2D eigenvalue weighted by Gasteiger charge is -2.23. The van der Waals surface area contributed by atoms with Crippen molar-refractivity contribution in [2.24, 2.45) is 0 Å². The van der Waals surface area contributed by atoms with Crippen molar-refractivity contribution >= 4 is 28.3 Å². The van der Waals surface area contributed by atoms with Gasteiger partial charge in [-0.25, -0.2) is 4.98 Å². The molecule has 0 N–H and O–H groups in total. The second-order valence-corrected chi connectivity index (χ2v) is 6.03. The summed E-state index contributed by atoms with van der Waals surface area (Å²) in [5.41, 5.74) is 2.18. The molecule has 1 aromatic heterocycles. The Labute approximate surface area is 131 Å². The van der Waals surface area contributed by atoms with E-state index in [0.717, 1.165) is 35.4 Å². The van der Waals surface area contributed by atoms with Crippen molar-refractivity contribution < 1.29 is 0 Å². The van der Waals surface area contributed by atoms with Crippen molar-refractivity contribution in [2.75, 3.05) is 38.1 Å². The summed E-state index contributed by atoms with van der Waals surface area (Å²) in [4.78, 5) is 9.54. The molecule has 0 unspecified atom stereocenters. The number of pyridine rings is 1. The van der Waals surface area contributed by atoms with E-state index >= 15 is 0 Å². The SMILES string of the molecule is CN(CCN1CCCC1)c1cc(CCl)c2ccccc2n1. The van der Waals surface area contributed by atoms with E-state index in [1.54, 1.807) is 0 Å². The Morgan fingerprint density at radius 1 is 1.24 bits per heavy atom. The molecule has 0 aliphatic carbocycles.